The standard InChI is InChI=1S/C19H21ClN2O.ClH/c20-16-9-4-8-15(12-16)19(14-6-2-1-3-7-14)22-18(23)13-17-10-5-11-21-17;/h1-4,6-9,12,17,19,21H,5,10-11,13H2,(H,22,23);1H. The number of carbonyl (C=O) groups excluding carboxylic acids is 1. The first-order chi connectivity index (χ1) is 11.2. The van der Waals surface area contributed by atoms with Gasteiger partial charge in [-0.15, -0.1) is 12.4 Å². The molecule has 1 aliphatic heterocycles. The molecule has 3 nitrogen and oxygen atoms in total. The normalized spacial score (nSPS) is 17.8. The van der Waals surface area contributed by atoms with Crippen LogP contribution in [-0.2, 0) is 4.79 Å². The van der Waals surface area contributed by atoms with E-state index in [1.165, 1.54) is 0 Å². The minimum atomic E-state index is -0.177. The number of hydrogen-bond acceptors (Lipinski definition) is 2. The van der Waals surface area contributed by atoms with E-state index in [9.17, 15) is 4.79 Å². The first-order valence-electron chi connectivity index (χ1n) is 8.05. The van der Waals surface area contributed by atoms with Crippen molar-refractivity contribution in [3.05, 3.63) is 70.7 Å². The Kier molecular flexibility index (Phi) is 7.10. The van der Waals surface area contributed by atoms with Crippen molar-refractivity contribution in [2.75, 3.05) is 6.54 Å². The van der Waals surface area contributed by atoms with Gasteiger partial charge in [-0.25, -0.2) is 0 Å². The summed E-state index contributed by atoms with van der Waals surface area (Å²) in [5.74, 6) is 0.0678. The molecule has 2 aromatic rings. The molecule has 128 valence electrons. The summed E-state index contributed by atoms with van der Waals surface area (Å²) in [4.78, 5) is 12.5. The van der Waals surface area contributed by atoms with Crippen LogP contribution in [0, 0.1) is 0 Å². The zero-order valence-electron chi connectivity index (χ0n) is 13.4. The van der Waals surface area contributed by atoms with Crippen LogP contribution in [0.25, 0.3) is 0 Å². The molecule has 5 heteroatoms. The Balaban J connectivity index is 0.00000208. The average Bonchev–Trinajstić information content (AvgIpc) is 3.06. The molecule has 0 bridgehead atoms. The lowest BCUT2D eigenvalue weighted by molar-refractivity contribution is -0.122. The van der Waals surface area contributed by atoms with Gasteiger partial charge in [-0.3, -0.25) is 4.79 Å². The van der Waals surface area contributed by atoms with Crippen molar-refractivity contribution in [1.29, 1.82) is 0 Å². The summed E-state index contributed by atoms with van der Waals surface area (Å²) >= 11 is 6.13. The number of benzene rings is 2. The van der Waals surface area contributed by atoms with E-state index in [2.05, 4.69) is 10.6 Å². The van der Waals surface area contributed by atoms with Gasteiger partial charge in [0.2, 0.25) is 5.91 Å². The minimum absolute atomic E-state index is 0. The maximum atomic E-state index is 12.5. The maximum absolute atomic E-state index is 12.5. The van der Waals surface area contributed by atoms with Gasteiger partial charge in [0.15, 0.2) is 0 Å². The first kappa shape index (κ1) is 18.8. The Morgan fingerprint density at radius 1 is 1.17 bits per heavy atom. The van der Waals surface area contributed by atoms with Crippen LogP contribution in [0.2, 0.25) is 5.02 Å². The van der Waals surface area contributed by atoms with Crippen LogP contribution >= 0.6 is 24.0 Å². The number of carbonyl (C=O) groups is 1. The summed E-state index contributed by atoms with van der Waals surface area (Å²) in [5, 5.41) is 7.21. The molecule has 1 fully saturated rings. The zero-order valence-corrected chi connectivity index (χ0v) is 14.9. The van der Waals surface area contributed by atoms with Crippen molar-refractivity contribution in [1.82, 2.24) is 10.6 Å². The lowest BCUT2D eigenvalue weighted by Crippen LogP contribution is -2.34. The first-order valence-corrected chi connectivity index (χ1v) is 8.43. The Labute approximate surface area is 154 Å². The molecule has 24 heavy (non-hydrogen) atoms. The zero-order chi connectivity index (χ0) is 16.1. The lowest BCUT2D eigenvalue weighted by Gasteiger charge is -2.21. The Bertz CT molecular complexity index is 657. The second-order valence-electron chi connectivity index (χ2n) is 5.96. The average molecular weight is 365 g/mol. The largest absolute Gasteiger partial charge is 0.345 e. The van der Waals surface area contributed by atoms with E-state index in [0.29, 0.717) is 17.5 Å². The van der Waals surface area contributed by atoms with E-state index in [1.54, 1.807) is 0 Å². The van der Waals surface area contributed by atoms with Crippen LogP contribution in [0.1, 0.15) is 36.4 Å². The van der Waals surface area contributed by atoms with E-state index >= 15 is 0 Å². The van der Waals surface area contributed by atoms with Crippen LogP contribution in [0.4, 0.5) is 0 Å². The predicted octanol–water partition coefficient (Wildman–Crippen LogP) is 4.11. The fraction of sp³-hybridized carbons (Fsp3) is 0.316. The van der Waals surface area contributed by atoms with Crippen LogP contribution in [-0.4, -0.2) is 18.5 Å². The Hall–Kier alpha value is -1.55. The second-order valence-corrected chi connectivity index (χ2v) is 6.40. The molecule has 1 heterocycles. The predicted molar refractivity (Wildman–Crippen MR) is 101 cm³/mol. The highest BCUT2D eigenvalue weighted by atomic mass is 35.5. The molecule has 1 amide bonds. The lowest BCUT2D eigenvalue weighted by atomic mass is 9.98. The van der Waals surface area contributed by atoms with Gasteiger partial charge in [0.25, 0.3) is 0 Å². The van der Waals surface area contributed by atoms with Crippen molar-refractivity contribution in [2.45, 2.75) is 31.3 Å². The molecule has 0 aromatic heterocycles. The summed E-state index contributed by atoms with van der Waals surface area (Å²) in [6, 6.07) is 17.8. The number of rotatable bonds is 5. The van der Waals surface area contributed by atoms with E-state index in [4.69, 9.17) is 11.6 Å². The highest BCUT2D eigenvalue weighted by molar-refractivity contribution is 6.30. The van der Waals surface area contributed by atoms with Crippen LogP contribution < -0.4 is 10.6 Å². The third kappa shape index (κ3) is 4.97. The third-order valence-electron chi connectivity index (χ3n) is 4.21. The molecule has 0 spiro atoms. The van der Waals surface area contributed by atoms with E-state index < -0.39 is 0 Å². The SMILES string of the molecule is Cl.O=C(CC1CCCN1)NC(c1ccccc1)c1cccc(Cl)c1. The van der Waals surface area contributed by atoms with Crippen LogP contribution in [0.15, 0.2) is 54.6 Å². The van der Waals surface area contributed by atoms with Gasteiger partial charge >= 0.3 is 0 Å². The fourth-order valence-corrected chi connectivity index (χ4v) is 3.26. The van der Waals surface area contributed by atoms with Crippen molar-refractivity contribution >= 4 is 29.9 Å². The molecule has 1 saturated heterocycles. The molecule has 2 aromatic carbocycles. The van der Waals surface area contributed by atoms with Gasteiger partial charge in [0.1, 0.15) is 0 Å². The molecule has 0 aliphatic carbocycles. The molecule has 1 aliphatic rings. The molecule has 2 atom stereocenters. The molecule has 0 saturated carbocycles. The van der Waals surface area contributed by atoms with Crippen molar-refractivity contribution in [3.8, 4) is 0 Å². The summed E-state index contributed by atoms with van der Waals surface area (Å²) < 4.78 is 0. The quantitative estimate of drug-likeness (QED) is 0.837. The van der Waals surface area contributed by atoms with Gasteiger partial charge in [0, 0.05) is 17.5 Å². The van der Waals surface area contributed by atoms with Gasteiger partial charge in [-0.2, -0.15) is 0 Å². The van der Waals surface area contributed by atoms with Crippen molar-refractivity contribution < 1.29 is 4.79 Å². The molecule has 3 rings (SSSR count). The molecular weight excluding hydrogens is 343 g/mol. The van der Waals surface area contributed by atoms with Gasteiger partial charge in [0.05, 0.1) is 6.04 Å². The van der Waals surface area contributed by atoms with Crippen LogP contribution in [0.5, 0.6) is 0 Å². The summed E-state index contributed by atoms with van der Waals surface area (Å²) in [5.41, 5.74) is 2.05. The monoisotopic (exact) mass is 364 g/mol. The van der Waals surface area contributed by atoms with Crippen molar-refractivity contribution in [3.63, 3.8) is 0 Å². The van der Waals surface area contributed by atoms with Crippen molar-refractivity contribution in [2.24, 2.45) is 0 Å². The molecule has 0 radical (unpaired) electrons. The second kappa shape index (κ2) is 9.07. The smallest absolute Gasteiger partial charge is 0.222 e. The number of hydrogen-bond donors (Lipinski definition) is 2. The number of nitrogens with one attached hydrogen (secondary N) is 2. The fourth-order valence-electron chi connectivity index (χ4n) is 3.07. The van der Waals surface area contributed by atoms with Gasteiger partial charge in [-0.05, 0) is 42.6 Å². The number of halogens is 2. The highest BCUT2D eigenvalue weighted by Gasteiger charge is 2.21. The molecule has 2 unspecified atom stereocenters. The summed E-state index contributed by atoms with van der Waals surface area (Å²) in [7, 11) is 0. The third-order valence-corrected chi connectivity index (χ3v) is 4.45. The molecule has 2 N–H and O–H groups in total. The Morgan fingerprint density at radius 2 is 1.92 bits per heavy atom. The van der Waals surface area contributed by atoms with E-state index in [1.807, 2.05) is 54.6 Å². The minimum Gasteiger partial charge on any atom is -0.345 e. The maximum Gasteiger partial charge on any atom is 0.222 e. The van der Waals surface area contributed by atoms with E-state index in [0.717, 1.165) is 30.5 Å². The highest BCUT2D eigenvalue weighted by Crippen LogP contribution is 2.24. The van der Waals surface area contributed by atoms with Gasteiger partial charge < -0.3 is 10.6 Å². The topological polar surface area (TPSA) is 41.1 Å². The summed E-state index contributed by atoms with van der Waals surface area (Å²) in [6.07, 6.45) is 2.73. The number of amides is 1. The van der Waals surface area contributed by atoms with E-state index in [-0.39, 0.29) is 24.4 Å². The van der Waals surface area contributed by atoms with Crippen LogP contribution in [0.3, 0.4) is 0 Å². The Morgan fingerprint density at radius 3 is 2.58 bits per heavy atom. The molecular formula is C19H22Cl2N2O. The van der Waals surface area contributed by atoms with Gasteiger partial charge in [-0.1, -0.05) is 54.1 Å². The summed E-state index contributed by atoms with van der Waals surface area (Å²) in [6.45, 7) is 1.01.